The number of pyridine rings is 1. The molecule has 2 aromatic rings. The van der Waals surface area contributed by atoms with Crippen LogP contribution in [0.15, 0.2) is 48.8 Å². The van der Waals surface area contributed by atoms with E-state index in [1.54, 1.807) is 7.11 Å². The Morgan fingerprint density at radius 2 is 1.59 bits per heavy atom. The van der Waals surface area contributed by atoms with E-state index in [1.165, 1.54) is 11.1 Å². The molecular weight excluding hydrogens is 566 g/mol. The van der Waals surface area contributed by atoms with Crippen LogP contribution in [-0.2, 0) is 32.2 Å². The molecule has 228 valence electrons. The van der Waals surface area contributed by atoms with Crippen LogP contribution in [0, 0.1) is 5.92 Å². The van der Waals surface area contributed by atoms with E-state index in [0.29, 0.717) is 12.5 Å². The molecule has 9 nitrogen and oxygen atoms in total. The van der Waals surface area contributed by atoms with E-state index < -0.39 is 24.3 Å². The Labute approximate surface area is 231 Å². The number of para-hydroxylation sites is 1. The molecule has 1 aromatic carbocycles. The Bertz CT molecular complexity index is 1090. The van der Waals surface area contributed by atoms with Gasteiger partial charge in [0, 0.05) is 50.8 Å². The van der Waals surface area contributed by atoms with E-state index in [0.717, 1.165) is 51.4 Å². The minimum absolute atomic E-state index is 0.0298. The van der Waals surface area contributed by atoms with Crippen LogP contribution in [0.3, 0.4) is 0 Å². The molecule has 1 unspecified atom stereocenters. The topological polar surface area (TPSA) is 118 Å². The van der Waals surface area contributed by atoms with Gasteiger partial charge in [0.2, 0.25) is 0 Å². The van der Waals surface area contributed by atoms with Gasteiger partial charge in [0.1, 0.15) is 5.75 Å². The van der Waals surface area contributed by atoms with Crippen LogP contribution in [0.2, 0.25) is 0 Å². The van der Waals surface area contributed by atoms with Crippen molar-refractivity contribution in [1.82, 2.24) is 9.88 Å². The Hall–Kier alpha value is -3.43. The van der Waals surface area contributed by atoms with Gasteiger partial charge in [-0.2, -0.15) is 26.3 Å². The van der Waals surface area contributed by atoms with Crippen LogP contribution >= 0.6 is 0 Å². The van der Waals surface area contributed by atoms with Crippen molar-refractivity contribution in [2.24, 2.45) is 5.92 Å². The molecule has 4 rings (SSSR count). The average Bonchev–Trinajstić information content (AvgIpc) is 3.31. The Kier molecular flexibility index (Phi) is 12.3. The van der Waals surface area contributed by atoms with E-state index in [9.17, 15) is 26.3 Å². The van der Waals surface area contributed by atoms with Crippen molar-refractivity contribution in [2.45, 2.75) is 43.9 Å². The van der Waals surface area contributed by atoms with Crippen LogP contribution in [-0.4, -0.2) is 83.4 Å². The standard InChI is InChI=1S/C22H28N2O3.2C2HF3O2/c1-25-21-5-3-2-4-19(21)14-24-16-22(17-24)20(9-13-27-22)8-12-26-15-18-6-10-23-11-7-18;2*3-2(4,5)1(6)7/h2-7,10-11,20H,8-9,12-17H2,1H3;2*(H,6,7). The number of hydrogen-bond donors (Lipinski definition) is 2. The number of carboxylic acid groups (broad SMARTS) is 2. The highest BCUT2D eigenvalue weighted by molar-refractivity contribution is 5.73. The second kappa shape index (κ2) is 15.0. The molecular formula is C26H30F6N2O7. The van der Waals surface area contributed by atoms with Gasteiger partial charge in [-0.05, 0) is 42.5 Å². The number of carbonyl (C=O) groups is 2. The Morgan fingerprint density at radius 3 is 2.12 bits per heavy atom. The number of nitrogens with zero attached hydrogens (tertiary/aromatic N) is 2. The lowest BCUT2D eigenvalue weighted by molar-refractivity contribution is -0.193. The molecule has 1 atom stereocenters. The number of benzene rings is 1. The molecule has 2 saturated heterocycles. The number of methoxy groups -OCH3 is 1. The lowest BCUT2D eigenvalue weighted by atomic mass is 9.79. The third kappa shape index (κ3) is 10.8. The zero-order valence-corrected chi connectivity index (χ0v) is 22.0. The zero-order chi connectivity index (χ0) is 30.7. The number of aliphatic carboxylic acids is 2. The van der Waals surface area contributed by atoms with Crippen molar-refractivity contribution in [3.05, 3.63) is 59.9 Å². The van der Waals surface area contributed by atoms with Crippen LogP contribution in [0.5, 0.6) is 5.75 Å². The molecule has 0 saturated carbocycles. The summed E-state index contributed by atoms with van der Waals surface area (Å²) < 4.78 is 81.0. The first-order valence-electron chi connectivity index (χ1n) is 12.2. The van der Waals surface area contributed by atoms with Gasteiger partial charge < -0.3 is 24.4 Å². The number of rotatable bonds is 8. The molecule has 3 heterocycles. The molecule has 15 heteroatoms. The van der Waals surface area contributed by atoms with Crippen molar-refractivity contribution in [3.63, 3.8) is 0 Å². The molecule has 0 radical (unpaired) electrons. The maximum atomic E-state index is 10.6. The third-order valence-corrected chi connectivity index (χ3v) is 6.28. The van der Waals surface area contributed by atoms with Crippen molar-refractivity contribution in [2.75, 3.05) is 33.4 Å². The molecule has 2 N–H and O–H groups in total. The molecule has 2 aliphatic rings. The highest BCUT2D eigenvalue weighted by atomic mass is 19.4. The van der Waals surface area contributed by atoms with Crippen molar-refractivity contribution >= 4 is 11.9 Å². The molecule has 41 heavy (non-hydrogen) atoms. The summed E-state index contributed by atoms with van der Waals surface area (Å²) in [7, 11) is 1.73. The second-order valence-corrected chi connectivity index (χ2v) is 9.16. The average molecular weight is 597 g/mol. The molecule has 2 fully saturated rings. The predicted molar refractivity (Wildman–Crippen MR) is 131 cm³/mol. The zero-order valence-electron chi connectivity index (χ0n) is 22.0. The number of ether oxygens (including phenoxy) is 3. The number of likely N-dealkylation sites (tertiary alicyclic amines) is 1. The number of alkyl halides is 6. The Morgan fingerprint density at radius 1 is 1.02 bits per heavy atom. The number of hydrogen-bond acceptors (Lipinski definition) is 7. The number of aromatic nitrogens is 1. The largest absolute Gasteiger partial charge is 0.496 e. The summed E-state index contributed by atoms with van der Waals surface area (Å²) >= 11 is 0. The highest BCUT2D eigenvalue weighted by Gasteiger charge is 2.52. The summed E-state index contributed by atoms with van der Waals surface area (Å²) in [5.41, 5.74) is 2.45. The summed E-state index contributed by atoms with van der Waals surface area (Å²) in [5.74, 6) is -3.96. The highest BCUT2D eigenvalue weighted by Crippen LogP contribution is 2.42. The van der Waals surface area contributed by atoms with Crippen LogP contribution < -0.4 is 4.74 Å². The van der Waals surface area contributed by atoms with Gasteiger partial charge in [0.15, 0.2) is 0 Å². The number of carboxylic acids is 2. The maximum absolute atomic E-state index is 10.6. The minimum Gasteiger partial charge on any atom is -0.496 e. The van der Waals surface area contributed by atoms with E-state index in [2.05, 4.69) is 22.0 Å². The maximum Gasteiger partial charge on any atom is 0.490 e. The van der Waals surface area contributed by atoms with Crippen LogP contribution in [0.4, 0.5) is 26.3 Å². The molecule has 0 amide bonds. The number of halogens is 6. The van der Waals surface area contributed by atoms with Gasteiger partial charge in [0.25, 0.3) is 0 Å². The third-order valence-electron chi connectivity index (χ3n) is 6.28. The normalized spacial score (nSPS) is 17.9. The fraction of sp³-hybridized carbons (Fsp3) is 0.500. The fourth-order valence-electron chi connectivity index (χ4n) is 4.33. The SMILES string of the molecule is COc1ccccc1CN1CC2(C1)OCCC2CCOCc1ccncc1.O=C(O)C(F)(F)F.O=C(O)C(F)(F)F. The fourth-order valence-corrected chi connectivity index (χ4v) is 4.33. The lowest BCUT2D eigenvalue weighted by Crippen LogP contribution is -2.64. The van der Waals surface area contributed by atoms with E-state index >= 15 is 0 Å². The van der Waals surface area contributed by atoms with Gasteiger partial charge in [-0.3, -0.25) is 9.88 Å². The molecule has 0 aliphatic carbocycles. The summed E-state index contributed by atoms with van der Waals surface area (Å²) in [6.45, 7) is 5.23. The van der Waals surface area contributed by atoms with E-state index in [1.807, 2.05) is 36.7 Å². The molecule has 2 aliphatic heterocycles. The van der Waals surface area contributed by atoms with Gasteiger partial charge in [-0.15, -0.1) is 0 Å². The van der Waals surface area contributed by atoms with Crippen LogP contribution in [0.1, 0.15) is 24.0 Å². The van der Waals surface area contributed by atoms with Gasteiger partial charge in [0.05, 0.1) is 19.3 Å². The quantitative estimate of drug-likeness (QED) is 0.334. The first-order valence-corrected chi connectivity index (χ1v) is 12.2. The lowest BCUT2D eigenvalue weighted by Gasteiger charge is -2.50. The van der Waals surface area contributed by atoms with Gasteiger partial charge in [-0.1, -0.05) is 18.2 Å². The summed E-state index contributed by atoms with van der Waals surface area (Å²) in [6, 6.07) is 12.3. The summed E-state index contributed by atoms with van der Waals surface area (Å²) in [6.07, 6.45) is -4.35. The Balaban J connectivity index is 0.000000349. The predicted octanol–water partition coefficient (Wildman–Crippen LogP) is 4.55. The smallest absolute Gasteiger partial charge is 0.490 e. The van der Waals surface area contributed by atoms with E-state index in [-0.39, 0.29) is 5.60 Å². The van der Waals surface area contributed by atoms with Crippen molar-refractivity contribution in [3.8, 4) is 5.75 Å². The minimum atomic E-state index is -5.08. The monoisotopic (exact) mass is 596 g/mol. The summed E-state index contributed by atoms with van der Waals surface area (Å²) in [5, 5.41) is 14.2. The van der Waals surface area contributed by atoms with Crippen molar-refractivity contribution < 1.29 is 60.4 Å². The summed E-state index contributed by atoms with van der Waals surface area (Å²) in [4.78, 5) is 24.3. The molecule has 0 bridgehead atoms. The van der Waals surface area contributed by atoms with Gasteiger partial charge >= 0.3 is 24.3 Å². The van der Waals surface area contributed by atoms with Crippen LogP contribution in [0.25, 0.3) is 0 Å². The molecule has 1 spiro atoms. The van der Waals surface area contributed by atoms with E-state index in [4.69, 9.17) is 34.0 Å². The first kappa shape index (κ1) is 33.8. The second-order valence-electron chi connectivity index (χ2n) is 9.16. The van der Waals surface area contributed by atoms with Crippen molar-refractivity contribution in [1.29, 1.82) is 0 Å². The first-order chi connectivity index (χ1) is 19.2. The van der Waals surface area contributed by atoms with Gasteiger partial charge in [-0.25, -0.2) is 9.59 Å². The molecule has 1 aromatic heterocycles.